The highest BCUT2D eigenvalue weighted by Crippen LogP contribution is 2.37. The van der Waals surface area contributed by atoms with Crippen LogP contribution in [0.25, 0.3) is 0 Å². The molecule has 17 heavy (non-hydrogen) atoms. The second-order valence-corrected chi connectivity index (χ2v) is 2.88. The molecule has 0 aliphatic heterocycles. The number of nitrogens with two attached hydrogens (primary N) is 1. The van der Waals surface area contributed by atoms with Crippen molar-refractivity contribution < 1.29 is 27.1 Å². The number of hydrogen-bond donors (Lipinski definition) is 1. The number of rotatable bonds is 1. The Morgan fingerprint density at radius 3 is 2.29 bits per heavy atom. The van der Waals surface area contributed by atoms with E-state index in [1.807, 2.05) is 0 Å². The van der Waals surface area contributed by atoms with Gasteiger partial charge >= 0.3 is 12.1 Å². The van der Waals surface area contributed by atoms with E-state index >= 15 is 0 Å². The van der Waals surface area contributed by atoms with Crippen molar-refractivity contribution in [2.45, 2.75) is 6.18 Å². The van der Waals surface area contributed by atoms with E-state index in [4.69, 9.17) is 5.73 Å². The minimum atomic E-state index is -4.92. The van der Waals surface area contributed by atoms with Crippen LogP contribution in [0, 0.1) is 5.82 Å². The zero-order chi connectivity index (χ0) is 12.5. The lowest BCUT2D eigenvalue weighted by Gasteiger charge is -2.14. The number of benzene rings is 1. The minimum Gasteiger partial charge on any atom is -0.465 e. The van der Waals surface area contributed by atoms with Gasteiger partial charge in [0.1, 0.15) is 11.4 Å². The summed E-state index contributed by atoms with van der Waals surface area (Å²) in [4.78, 5) is 11.0. The van der Waals surface area contributed by atoms with Gasteiger partial charge in [-0.15, -0.1) is 12.4 Å². The summed E-state index contributed by atoms with van der Waals surface area (Å²) in [6.45, 7) is 0. The zero-order valence-corrected chi connectivity index (χ0v) is 9.29. The number of methoxy groups -OCH3 is 1. The molecule has 3 nitrogen and oxygen atoms in total. The van der Waals surface area contributed by atoms with Crippen LogP contribution in [0.1, 0.15) is 15.9 Å². The average molecular weight is 274 g/mol. The summed E-state index contributed by atoms with van der Waals surface area (Å²) < 4.78 is 54.8. The highest BCUT2D eigenvalue weighted by Gasteiger charge is 2.39. The number of esters is 1. The van der Waals surface area contributed by atoms with Crippen LogP contribution in [0.15, 0.2) is 12.1 Å². The number of carbonyl (C=O) groups excluding carboxylic acids is 1. The fraction of sp³-hybridized carbons (Fsp3) is 0.222. The zero-order valence-electron chi connectivity index (χ0n) is 8.47. The molecule has 0 fully saturated rings. The normalized spacial score (nSPS) is 10.6. The van der Waals surface area contributed by atoms with Crippen molar-refractivity contribution in [2.75, 3.05) is 12.8 Å². The maximum Gasteiger partial charge on any atom is 0.419 e. The molecular formula is C9H8ClF4NO2. The summed E-state index contributed by atoms with van der Waals surface area (Å²) in [5, 5.41) is 0. The molecule has 0 spiro atoms. The summed E-state index contributed by atoms with van der Waals surface area (Å²) in [5.41, 5.74) is 1.63. The summed E-state index contributed by atoms with van der Waals surface area (Å²) in [6, 6.07) is 1.42. The largest absolute Gasteiger partial charge is 0.465 e. The highest BCUT2D eigenvalue weighted by molar-refractivity contribution is 5.93. The van der Waals surface area contributed by atoms with Crippen LogP contribution in [-0.2, 0) is 10.9 Å². The van der Waals surface area contributed by atoms with Gasteiger partial charge in [0.25, 0.3) is 0 Å². The lowest BCUT2D eigenvalue weighted by molar-refractivity contribution is -0.137. The SMILES string of the molecule is COC(=O)c1c(F)ccc(N)c1C(F)(F)F.Cl. The standard InChI is InChI=1S/C9H7F4NO2.ClH/c1-16-8(15)6-4(10)2-3-5(14)7(6)9(11,12)13;/h2-3H,14H2,1H3;1H. The topological polar surface area (TPSA) is 52.3 Å². The highest BCUT2D eigenvalue weighted by atomic mass is 35.5. The molecule has 0 aliphatic rings. The Kier molecular flexibility index (Phi) is 4.76. The second-order valence-electron chi connectivity index (χ2n) is 2.88. The molecule has 0 atom stereocenters. The molecule has 0 saturated heterocycles. The molecule has 0 aromatic heterocycles. The predicted octanol–water partition coefficient (Wildman–Crippen LogP) is 2.64. The van der Waals surface area contributed by atoms with Crippen molar-refractivity contribution in [3.8, 4) is 0 Å². The first-order valence-corrected chi connectivity index (χ1v) is 4.02. The Bertz CT molecular complexity index is 434. The van der Waals surface area contributed by atoms with Crippen LogP contribution in [0.3, 0.4) is 0 Å². The molecule has 1 aromatic rings. The van der Waals surface area contributed by atoms with Gasteiger partial charge in [-0.05, 0) is 12.1 Å². The molecule has 0 radical (unpaired) electrons. The number of ether oxygens (including phenoxy) is 1. The molecular weight excluding hydrogens is 266 g/mol. The van der Waals surface area contributed by atoms with Gasteiger partial charge in [0, 0.05) is 5.69 Å². The van der Waals surface area contributed by atoms with Crippen LogP contribution in [-0.4, -0.2) is 13.1 Å². The van der Waals surface area contributed by atoms with E-state index < -0.39 is 34.8 Å². The Balaban J connectivity index is 0.00000256. The molecule has 96 valence electrons. The first-order valence-electron chi connectivity index (χ1n) is 4.02. The molecule has 0 bridgehead atoms. The van der Waals surface area contributed by atoms with E-state index in [9.17, 15) is 22.4 Å². The van der Waals surface area contributed by atoms with E-state index in [-0.39, 0.29) is 12.4 Å². The smallest absolute Gasteiger partial charge is 0.419 e. The summed E-state index contributed by atoms with van der Waals surface area (Å²) >= 11 is 0. The minimum absolute atomic E-state index is 0. The Morgan fingerprint density at radius 2 is 1.88 bits per heavy atom. The predicted molar refractivity (Wildman–Crippen MR) is 54.4 cm³/mol. The number of halogens is 5. The first-order chi connectivity index (χ1) is 7.29. The van der Waals surface area contributed by atoms with Crippen LogP contribution in [0.2, 0.25) is 0 Å². The van der Waals surface area contributed by atoms with Gasteiger partial charge in [0.2, 0.25) is 0 Å². The number of alkyl halides is 3. The molecule has 2 N–H and O–H groups in total. The Labute approximate surface area is 100.0 Å². The molecule has 0 saturated carbocycles. The summed E-state index contributed by atoms with van der Waals surface area (Å²) in [5.74, 6) is -2.74. The van der Waals surface area contributed by atoms with Gasteiger partial charge in [-0.25, -0.2) is 9.18 Å². The van der Waals surface area contributed by atoms with Crippen LogP contribution in [0.5, 0.6) is 0 Å². The second kappa shape index (κ2) is 5.22. The fourth-order valence-electron chi connectivity index (χ4n) is 1.20. The molecule has 8 heteroatoms. The molecule has 0 heterocycles. The Morgan fingerprint density at radius 1 is 1.35 bits per heavy atom. The van der Waals surface area contributed by atoms with Crippen molar-refractivity contribution in [1.82, 2.24) is 0 Å². The summed E-state index contributed by atoms with van der Waals surface area (Å²) in [6.07, 6.45) is -4.92. The van der Waals surface area contributed by atoms with E-state index in [1.54, 1.807) is 0 Å². The van der Waals surface area contributed by atoms with E-state index in [0.29, 0.717) is 6.07 Å². The number of hydrogen-bond acceptors (Lipinski definition) is 3. The van der Waals surface area contributed by atoms with Crippen molar-refractivity contribution in [3.05, 3.63) is 29.1 Å². The fourth-order valence-corrected chi connectivity index (χ4v) is 1.20. The van der Waals surface area contributed by atoms with Crippen molar-refractivity contribution >= 4 is 24.1 Å². The van der Waals surface area contributed by atoms with Gasteiger partial charge in [-0.2, -0.15) is 13.2 Å². The van der Waals surface area contributed by atoms with E-state index in [0.717, 1.165) is 13.2 Å². The van der Waals surface area contributed by atoms with Crippen molar-refractivity contribution in [3.63, 3.8) is 0 Å². The van der Waals surface area contributed by atoms with Gasteiger partial charge in [0.15, 0.2) is 0 Å². The maximum atomic E-state index is 13.1. The average Bonchev–Trinajstić information content (AvgIpc) is 2.18. The third-order valence-electron chi connectivity index (χ3n) is 1.86. The molecule has 0 amide bonds. The van der Waals surface area contributed by atoms with Gasteiger partial charge in [-0.3, -0.25) is 0 Å². The van der Waals surface area contributed by atoms with Gasteiger partial charge < -0.3 is 10.5 Å². The number of carbonyl (C=O) groups is 1. The van der Waals surface area contributed by atoms with Crippen LogP contribution >= 0.6 is 12.4 Å². The van der Waals surface area contributed by atoms with Gasteiger partial charge in [0.05, 0.1) is 12.7 Å². The van der Waals surface area contributed by atoms with E-state index in [2.05, 4.69) is 4.74 Å². The number of anilines is 1. The lowest BCUT2D eigenvalue weighted by Crippen LogP contribution is -2.18. The molecule has 1 aromatic carbocycles. The third kappa shape index (κ3) is 3.00. The molecule has 0 aliphatic carbocycles. The van der Waals surface area contributed by atoms with E-state index in [1.165, 1.54) is 0 Å². The number of nitrogen functional groups attached to an aromatic ring is 1. The molecule has 1 rings (SSSR count). The first kappa shape index (κ1) is 15.5. The van der Waals surface area contributed by atoms with Crippen molar-refractivity contribution in [1.29, 1.82) is 0 Å². The van der Waals surface area contributed by atoms with Crippen LogP contribution in [0.4, 0.5) is 23.2 Å². The molecule has 0 unspecified atom stereocenters. The monoisotopic (exact) mass is 273 g/mol. The van der Waals surface area contributed by atoms with Gasteiger partial charge in [-0.1, -0.05) is 0 Å². The van der Waals surface area contributed by atoms with Crippen LogP contribution < -0.4 is 5.73 Å². The lowest BCUT2D eigenvalue weighted by atomic mass is 10.0. The quantitative estimate of drug-likeness (QED) is 0.486. The summed E-state index contributed by atoms with van der Waals surface area (Å²) in [7, 11) is 0.852. The maximum absolute atomic E-state index is 13.1. The van der Waals surface area contributed by atoms with Crippen molar-refractivity contribution in [2.24, 2.45) is 0 Å². The Hall–Kier alpha value is -1.50. The third-order valence-corrected chi connectivity index (χ3v) is 1.86.